The molecule has 0 saturated carbocycles. The molecule has 2 heterocycles. The van der Waals surface area contributed by atoms with Gasteiger partial charge in [-0.2, -0.15) is 0 Å². The SMILES string of the molecule is Cc1nnc(-c2cccc3[nH]c(N)nc23)o1. The summed E-state index contributed by atoms with van der Waals surface area (Å²) in [4.78, 5) is 7.15. The van der Waals surface area contributed by atoms with Gasteiger partial charge in [0.1, 0.15) is 5.52 Å². The van der Waals surface area contributed by atoms with Crippen LogP contribution in [0.4, 0.5) is 5.95 Å². The predicted octanol–water partition coefficient (Wildman–Crippen LogP) is 1.50. The van der Waals surface area contributed by atoms with Crippen molar-refractivity contribution in [2.24, 2.45) is 0 Å². The van der Waals surface area contributed by atoms with Crippen LogP contribution in [0.5, 0.6) is 0 Å². The Labute approximate surface area is 90.5 Å². The van der Waals surface area contributed by atoms with E-state index in [2.05, 4.69) is 20.2 Å². The van der Waals surface area contributed by atoms with Gasteiger partial charge in [-0.25, -0.2) is 4.98 Å². The summed E-state index contributed by atoms with van der Waals surface area (Å²) in [5.74, 6) is 1.35. The Morgan fingerprint density at radius 3 is 2.94 bits per heavy atom. The number of H-pyrrole nitrogens is 1. The fourth-order valence-corrected chi connectivity index (χ4v) is 1.63. The van der Waals surface area contributed by atoms with Crippen LogP contribution in [0.3, 0.4) is 0 Å². The summed E-state index contributed by atoms with van der Waals surface area (Å²) in [5.41, 5.74) is 7.98. The van der Waals surface area contributed by atoms with Crippen LogP contribution in [0.2, 0.25) is 0 Å². The van der Waals surface area contributed by atoms with E-state index >= 15 is 0 Å². The molecule has 0 unspecified atom stereocenters. The molecule has 0 saturated heterocycles. The largest absolute Gasteiger partial charge is 0.421 e. The number of benzene rings is 1. The summed E-state index contributed by atoms with van der Waals surface area (Å²) >= 11 is 0. The molecule has 0 aliphatic rings. The molecule has 0 aliphatic carbocycles. The van der Waals surface area contributed by atoms with Gasteiger partial charge in [0.15, 0.2) is 5.95 Å². The second-order valence-corrected chi connectivity index (χ2v) is 3.45. The predicted molar refractivity (Wildman–Crippen MR) is 58.5 cm³/mol. The highest BCUT2D eigenvalue weighted by atomic mass is 16.4. The first kappa shape index (κ1) is 8.90. The van der Waals surface area contributed by atoms with Crippen molar-refractivity contribution in [3.8, 4) is 11.5 Å². The van der Waals surface area contributed by atoms with Crippen LogP contribution >= 0.6 is 0 Å². The Bertz CT molecular complexity index is 654. The Kier molecular flexibility index (Phi) is 1.70. The smallest absolute Gasteiger partial charge is 0.249 e. The number of aromatic amines is 1. The van der Waals surface area contributed by atoms with Crippen LogP contribution in [0.1, 0.15) is 5.89 Å². The fraction of sp³-hybridized carbons (Fsp3) is 0.100. The van der Waals surface area contributed by atoms with E-state index in [1.54, 1.807) is 6.92 Å². The van der Waals surface area contributed by atoms with Gasteiger partial charge >= 0.3 is 0 Å². The normalized spacial score (nSPS) is 11.1. The second kappa shape index (κ2) is 3.06. The first-order valence-corrected chi connectivity index (χ1v) is 4.79. The van der Waals surface area contributed by atoms with Crippen molar-refractivity contribution in [2.75, 3.05) is 5.73 Å². The molecule has 0 aliphatic heterocycles. The lowest BCUT2D eigenvalue weighted by molar-refractivity contribution is 0.533. The van der Waals surface area contributed by atoms with Gasteiger partial charge in [0.05, 0.1) is 11.1 Å². The number of imidazole rings is 1. The number of nitrogens with two attached hydrogens (primary N) is 1. The van der Waals surface area contributed by atoms with Crippen molar-refractivity contribution < 1.29 is 4.42 Å². The van der Waals surface area contributed by atoms with Crippen LogP contribution < -0.4 is 5.73 Å². The third-order valence-corrected chi connectivity index (χ3v) is 2.29. The number of hydrogen-bond acceptors (Lipinski definition) is 5. The molecule has 16 heavy (non-hydrogen) atoms. The highest BCUT2D eigenvalue weighted by Gasteiger charge is 2.12. The van der Waals surface area contributed by atoms with Crippen LogP contribution in [0.15, 0.2) is 22.6 Å². The Balaban J connectivity index is 2.30. The molecule has 80 valence electrons. The van der Waals surface area contributed by atoms with Gasteiger partial charge in [-0.05, 0) is 12.1 Å². The third-order valence-electron chi connectivity index (χ3n) is 2.29. The van der Waals surface area contributed by atoms with Crippen molar-refractivity contribution in [3.05, 3.63) is 24.1 Å². The van der Waals surface area contributed by atoms with Gasteiger partial charge in [-0.3, -0.25) is 0 Å². The number of nitrogens with one attached hydrogen (secondary N) is 1. The van der Waals surface area contributed by atoms with Gasteiger partial charge in [-0.1, -0.05) is 6.07 Å². The van der Waals surface area contributed by atoms with E-state index in [1.807, 2.05) is 18.2 Å². The molecule has 1 aromatic carbocycles. The molecule has 0 atom stereocenters. The van der Waals surface area contributed by atoms with Gasteiger partial charge < -0.3 is 15.1 Å². The fourth-order valence-electron chi connectivity index (χ4n) is 1.63. The molecule has 6 heteroatoms. The summed E-state index contributed by atoms with van der Waals surface area (Å²) in [6, 6.07) is 5.65. The van der Waals surface area contributed by atoms with Crippen LogP contribution in [0.25, 0.3) is 22.5 Å². The summed E-state index contributed by atoms with van der Waals surface area (Å²) < 4.78 is 5.37. The number of aromatic nitrogens is 4. The van der Waals surface area contributed by atoms with Gasteiger partial charge in [0.2, 0.25) is 11.8 Å². The number of hydrogen-bond donors (Lipinski definition) is 2. The molecule has 2 aromatic heterocycles. The zero-order chi connectivity index (χ0) is 11.1. The van der Waals surface area contributed by atoms with E-state index in [1.165, 1.54) is 0 Å². The molecule has 3 rings (SSSR count). The average molecular weight is 215 g/mol. The highest BCUT2D eigenvalue weighted by molar-refractivity contribution is 5.90. The average Bonchev–Trinajstić information content (AvgIpc) is 2.82. The van der Waals surface area contributed by atoms with E-state index in [4.69, 9.17) is 10.2 Å². The highest BCUT2D eigenvalue weighted by Crippen LogP contribution is 2.26. The third kappa shape index (κ3) is 1.23. The molecule has 3 N–H and O–H groups in total. The monoisotopic (exact) mass is 215 g/mol. The van der Waals surface area contributed by atoms with E-state index in [0.29, 0.717) is 17.7 Å². The molecule has 0 radical (unpaired) electrons. The van der Waals surface area contributed by atoms with Crippen molar-refractivity contribution in [1.29, 1.82) is 0 Å². The van der Waals surface area contributed by atoms with Gasteiger partial charge in [-0.15, -0.1) is 10.2 Å². The molecule has 0 amide bonds. The van der Waals surface area contributed by atoms with Gasteiger partial charge in [0.25, 0.3) is 0 Å². The van der Waals surface area contributed by atoms with Crippen molar-refractivity contribution in [3.63, 3.8) is 0 Å². The maximum atomic E-state index is 5.61. The summed E-state index contributed by atoms with van der Waals surface area (Å²) in [7, 11) is 0. The molecular weight excluding hydrogens is 206 g/mol. The van der Waals surface area contributed by atoms with Crippen molar-refractivity contribution in [1.82, 2.24) is 20.2 Å². The lowest BCUT2D eigenvalue weighted by atomic mass is 10.2. The first-order chi connectivity index (χ1) is 7.74. The lowest BCUT2D eigenvalue weighted by Crippen LogP contribution is -1.84. The maximum absolute atomic E-state index is 5.61. The summed E-state index contributed by atoms with van der Waals surface area (Å²) in [5, 5.41) is 7.75. The standard InChI is InChI=1S/C10H9N5O/c1-5-14-15-9(16-5)6-3-2-4-7-8(6)13-10(11)12-7/h2-4H,1H3,(H3,11,12,13). The quantitative estimate of drug-likeness (QED) is 0.641. The molecule has 6 nitrogen and oxygen atoms in total. The van der Waals surface area contributed by atoms with E-state index in [9.17, 15) is 0 Å². The van der Waals surface area contributed by atoms with Crippen LogP contribution in [0, 0.1) is 6.92 Å². The number of para-hydroxylation sites is 1. The first-order valence-electron chi connectivity index (χ1n) is 4.79. The topological polar surface area (TPSA) is 93.6 Å². The second-order valence-electron chi connectivity index (χ2n) is 3.45. The van der Waals surface area contributed by atoms with Crippen LogP contribution in [-0.4, -0.2) is 20.2 Å². The minimum absolute atomic E-state index is 0.374. The maximum Gasteiger partial charge on any atom is 0.249 e. The molecule has 0 bridgehead atoms. The summed E-state index contributed by atoms with van der Waals surface area (Å²) in [6.07, 6.45) is 0. The van der Waals surface area contributed by atoms with E-state index < -0.39 is 0 Å². The Hall–Kier alpha value is -2.37. The number of anilines is 1. The molecule has 0 fully saturated rings. The minimum Gasteiger partial charge on any atom is -0.421 e. The minimum atomic E-state index is 0.374. The lowest BCUT2D eigenvalue weighted by Gasteiger charge is -1.94. The zero-order valence-electron chi connectivity index (χ0n) is 8.56. The summed E-state index contributed by atoms with van der Waals surface area (Å²) in [6.45, 7) is 1.75. The number of nitrogen functional groups attached to an aromatic ring is 1. The van der Waals surface area contributed by atoms with Crippen molar-refractivity contribution >= 4 is 17.0 Å². The molecular formula is C10H9N5O. The Morgan fingerprint density at radius 2 is 2.19 bits per heavy atom. The Morgan fingerprint density at radius 1 is 1.31 bits per heavy atom. The van der Waals surface area contributed by atoms with Crippen molar-refractivity contribution in [2.45, 2.75) is 6.92 Å². The number of fused-ring (bicyclic) bond motifs is 1. The number of nitrogens with zero attached hydrogens (tertiary/aromatic N) is 3. The zero-order valence-corrected chi connectivity index (χ0v) is 8.56. The van der Waals surface area contributed by atoms with E-state index in [-0.39, 0.29) is 0 Å². The molecule has 3 aromatic rings. The molecule has 0 spiro atoms. The van der Waals surface area contributed by atoms with Crippen LogP contribution in [-0.2, 0) is 0 Å². The van der Waals surface area contributed by atoms with Gasteiger partial charge in [0, 0.05) is 6.92 Å². The number of aryl methyl sites for hydroxylation is 1. The number of rotatable bonds is 1. The van der Waals surface area contributed by atoms with E-state index in [0.717, 1.165) is 16.6 Å².